The van der Waals surface area contributed by atoms with E-state index in [0.717, 1.165) is 25.8 Å². The van der Waals surface area contributed by atoms with Gasteiger partial charge in [-0.05, 0) is 6.42 Å². The van der Waals surface area contributed by atoms with E-state index in [2.05, 4.69) is 17.2 Å². The maximum absolute atomic E-state index is 11.8. The van der Waals surface area contributed by atoms with Crippen LogP contribution >= 0.6 is 0 Å². The highest BCUT2D eigenvalue weighted by molar-refractivity contribution is 6.03. The van der Waals surface area contributed by atoms with Crippen LogP contribution in [0.2, 0.25) is 0 Å². The van der Waals surface area contributed by atoms with Crippen molar-refractivity contribution >= 4 is 11.8 Å². The summed E-state index contributed by atoms with van der Waals surface area (Å²) in [6, 6.07) is 0. The van der Waals surface area contributed by atoms with Gasteiger partial charge >= 0.3 is 0 Å². The van der Waals surface area contributed by atoms with Crippen LogP contribution in [-0.2, 0) is 22.7 Å². The lowest BCUT2D eigenvalue weighted by Gasteiger charge is -2.11. The first-order chi connectivity index (χ1) is 9.11. The molecule has 2 amide bonds. The predicted octanol–water partition coefficient (Wildman–Crippen LogP) is 1.36. The molecule has 104 valence electrons. The van der Waals surface area contributed by atoms with Gasteiger partial charge in [-0.15, -0.1) is 5.10 Å². The first-order valence-corrected chi connectivity index (χ1v) is 6.85. The average molecular weight is 264 g/mol. The van der Waals surface area contributed by atoms with Gasteiger partial charge in [0.1, 0.15) is 5.69 Å². The van der Waals surface area contributed by atoms with Crippen molar-refractivity contribution in [3.05, 3.63) is 11.9 Å². The number of rotatable bonds is 6. The van der Waals surface area contributed by atoms with Gasteiger partial charge in [0, 0.05) is 18.9 Å². The maximum atomic E-state index is 11.8. The molecule has 1 aromatic rings. The van der Waals surface area contributed by atoms with E-state index in [9.17, 15) is 9.59 Å². The molecule has 6 heteroatoms. The van der Waals surface area contributed by atoms with E-state index in [0.29, 0.717) is 12.1 Å². The van der Waals surface area contributed by atoms with E-state index >= 15 is 0 Å². The normalized spacial score (nSPS) is 19.5. The predicted molar refractivity (Wildman–Crippen MR) is 68.9 cm³/mol. The standard InChI is InChI=1S/C13H20N4O2/c1-3-4-5-6-16-8-11(14-15-16)9-17-12(18)7-10(2)13(17)19/h8,10H,3-7,9H2,1-2H3. The zero-order chi connectivity index (χ0) is 13.8. The summed E-state index contributed by atoms with van der Waals surface area (Å²) in [6.45, 7) is 5.01. The summed E-state index contributed by atoms with van der Waals surface area (Å²) in [5.74, 6) is -0.421. The topological polar surface area (TPSA) is 68.1 Å². The van der Waals surface area contributed by atoms with E-state index in [-0.39, 0.29) is 24.3 Å². The minimum Gasteiger partial charge on any atom is -0.276 e. The summed E-state index contributed by atoms with van der Waals surface area (Å²) in [7, 11) is 0. The Morgan fingerprint density at radius 1 is 1.37 bits per heavy atom. The highest BCUT2D eigenvalue weighted by Gasteiger charge is 2.35. The van der Waals surface area contributed by atoms with Crippen molar-refractivity contribution in [3.63, 3.8) is 0 Å². The summed E-state index contributed by atoms with van der Waals surface area (Å²) < 4.78 is 1.78. The highest BCUT2D eigenvalue weighted by atomic mass is 16.2. The molecule has 1 aliphatic rings. The quantitative estimate of drug-likeness (QED) is 0.574. The fourth-order valence-electron chi connectivity index (χ4n) is 2.22. The minimum atomic E-state index is -0.202. The molecular weight excluding hydrogens is 244 g/mol. The summed E-state index contributed by atoms with van der Waals surface area (Å²) in [6.07, 6.45) is 5.52. The summed E-state index contributed by atoms with van der Waals surface area (Å²) in [4.78, 5) is 24.7. The zero-order valence-electron chi connectivity index (χ0n) is 11.5. The van der Waals surface area contributed by atoms with Crippen molar-refractivity contribution in [3.8, 4) is 0 Å². The van der Waals surface area contributed by atoms with Gasteiger partial charge in [0.2, 0.25) is 11.8 Å². The number of hydrogen-bond acceptors (Lipinski definition) is 4. The Balaban J connectivity index is 1.93. The van der Waals surface area contributed by atoms with Crippen molar-refractivity contribution in [1.82, 2.24) is 19.9 Å². The van der Waals surface area contributed by atoms with Crippen molar-refractivity contribution < 1.29 is 9.59 Å². The Morgan fingerprint density at radius 2 is 2.16 bits per heavy atom. The maximum Gasteiger partial charge on any atom is 0.232 e. The summed E-state index contributed by atoms with van der Waals surface area (Å²) >= 11 is 0. The number of nitrogens with zero attached hydrogens (tertiary/aromatic N) is 4. The third-order valence-corrected chi connectivity index (χ3v) is 3.37. The fraction of sp³-hybridized carbons (Fsp3) is 0.692. The van der Waals surface area contributed by atoms with Gasteiger partial charge in [-0.25, -0.2) is 0 Å². The molecule has 1 saturated heterocycles. The second-order valence-electron chi connectivity index (χ2n) is 5.10. The van der Waals surface area contributed by atoms with Crippen LogP contribution in [0.1, 0.15) is 45.2 Å². The van der Waals surface area contributed by atoms with Crippen LogP contribution in [0.3, 0.4) is 0 Å². The van der Waals surface area contributed by atoms with E-state index in [1.165, 1.54) is 4.90 Å². The van der Waals surface area contributed by atoms with Gasteiger partial charge in [0.05, 0.1) is 12.7 Å². The molecule has 0 spiro atoms. The molecule has 2 heterocycles. The number of carbonyl (C=O) groups excluding carboxylic acids is 2. The Hall–Kier alpha value is -1.72. The monoisotopic (exact) mass is 264 g/mol. The van der Waals surface area contributed by atoms with Crippen molar-refractivity contribution in [2.45, 2.75) is 52.6 Å². The van der Waals surface area contributed by atoms with Gasteiger partial charge in [0.15, 0.2) is 0 Å². The van der Waals surface area contributed by atoms with Gasteiger partial charge in [-0.3, -0.25) is 19.2 Å². The lowest BCUT2D eigenvalue weighted by Crippen LogP contribution is -2.29. The van der Waals surface area contributed by atoms with Gasteiger partial charge in [-0.1, -0.05) is 31.9 Å². The number of unbranched alkanes of at least 4 members (excludes halogenated alkanes) is 2. The molecule has 0 saturated carbocycles. The second-order valence-corrected chi connectivity index (χ2v) is 5.10. The van der Waals surface area contributed by atoms with E-state index in [1.54, 1.807) is 11.6 Å². The molecule has 0 aliphatic carbocycles. The Bertz CT molecular complexity index is 469. The third kappa shape index (κ3) is 3.19. The molecule has 1 aromatic heterocycles. The van der Waals surface area contributed by atoms with Crippen molar-refractivity contribution in [2.24, 2.45) is 5.92 Å². The minimum absolute atomic E-state index is 0.106. The first kappa shape index (κ1) is 13.7. The molecule has 6 nitrogen and oxygen atoms in total. The number of aryl methyl sites for hydroxylation is 1. The smallest absolute Gasteiger partial charge is 0.232 e. The number of aromatic nitrogens is 3. The molecule has 19 heavy (non-hydrogen) atoms. The largest absolute Gasteiger partial charge is 0.276 e. The van der Waals surface area contributed by atoms with Crippen molar-refractivity contribution in [2.75, 3.05) is 0 Å². The summed E-state index contributed by atoms with van der Waals surface area (Å²) in [5, 5.41) is 8.04. The molecule has 0 N–H and O–H groups in total. The molecular formula is C13H20N4O2. The lowest BCUT2D eigenvalue weighted by atomic mass is 10.1. The number of amides is 2. The molecule has 1 fully saturated rings. The third-order valence-electron chi connectivity index (χ3n) is 3.37. The number of hydrogen-bond donors (Lipinski definition) is 0. The van der Waals surface area contributed by atoms with E-state index in [4.69, 9.17) is 0 Å². The van der Waals surface area contributed by atoms with Gasteiger partial charge < -0.3 is 0 Å². The highest BCUT2D eigenvalue weighted by Crippen LogP contribution is 2.20. The lowest BCUT2D eigenvalue weighted by molar-refractivity contribution is -0.139. The number of likely N-dealkylation sites (tertiary alicyclic amines) is 1. The molecule has 0 aromatic carbocycles. The van der Waals surface area contributed by atoms with Crippen LogP contribution in [0.15, 0.2) is 6.20 Å². The second kappa shape index (κ2) is 5.95. The molecule has 1 atom stereocenters. The van der Waals surface area contributed by atoms with Crippen LogP contribution in [0.5, 0.6) is 0 Å². The number of imide groups is 1. The molecule has 0 radical (unpaired) electrons. The van der Waals surface area contributed by atoms with Crippen LogP contribution in [0.4, 0.5) is 0 Å². The SMILES string of the molecule is CCCCCn1cc(CN2C(=O)CC(C)C2=O)nn1. The zero-order valence-corrected chi connectivity index (χ0v) is 11.5. The molecule has 1 unspecified atom stereocenters. The fourth-order valence-corrected chi connectivity index (χ4v) is 2.22. The van der Waals surface area contributed by atoms with Crippen LogP contribution in [0, 0.1) is 5.92 Å². The van der Waals surface area contributed by atoms with Crippen LogP contribution in [0.25, 0.3) is 0 Å². The van der Waals surface area contributed by atoms with Gasteiger partial charge in [0.25, 0.3) is 0 Å². The van der Waals surface area contributed by atoms with Crippen molar-refractivity contribution in [1.29, 1.82) is 0 Å². The molecule has 0 bridgehead atoms. The van der Waals surface area contributed by atoms with E-state index in [1.807, 2.05) is 6.20 Å². The van der Waals surface area contributed by atoms with Crippen LogP contribution in [-0.4, -0.2) is 31.7 Å². The van der Waals surface area contributed by atoms with Gasteiger partial charge in [-0.2, -0.15) is 0 Å². The van der Waals surface area contributed by atoms with Crippen LogP contribution < -0.4 is 0 Å². The number of carbonyl (C=O) groups is 2. The Labute approximate surface area is 112 Å². The molecule has 1 aliphatic heterocycles. The van der Waals surface area contributed by atoms with E-state index < -0.39 is 0 Å². The summed E-state index contributed by atoms with van der Waals surface area (Å²) in [5.41, 5.74) is 0.673. The average Bonchev–Trinajstić information content (AvgIpc) is 2.91. The first-order valence-electron chi connectivity index (χ1n) is 6.85. The molecule has 2 rings (SSSR count). The Kier molecular flexibility index (Phi) is 4.29. The Morgan fingerprint density at radius 3 is 2.79 bits per heavy atom.